The van der Waals surface area contributed by atoms with Crippen molar-refractivity contribution in [3.63, 3.8) is 0 Å². The summed E-state index contributed by atoms with van der Waals surface area (Å²) in [7, 11) is 1.62. The van der Waals surface area contributed by atoms with Crippen molar-refractivity contribution in [1.82, 2.24) is 24.8 Å². The Morgan fingerprint density at radius 3 is 3.00 bits per heavy atom. The van der Waals surface area contributed by atoms with Crippen molar-refractivity contribution in [2.45, 2.75) is 0 Å². The molecule has 0 unspecified atom stereocenters. The highest BCUT2D eigenvalue weighted by molar-refractivity contribution is 5.83. The third-order valence-electron chi connectivity index (χ3n) is 4.87. The maximum atomic E-state index is 11.6. The zero-order chi connectivity index (χ0) is 19.8. The van der Waals surface area contributed by atoms with Crippen LogP contribution in [0, 0.1) is 0 Å². The Balaban J connectivity index is 1.40. The number of urea groups is 1. The number of carbonyl (C=O) groups is 1. The minimum atomic E-state index is -0.0598. The van der Waals surface area contributed by atoms with Crippen LogP contribution < -0.4 is 14.8 Å². The number of aromatic nitrogens is 3. The highest BCUT2D eigenvalue weighted by Crippen LogP contribution is 2.30. The molecule has 1 aliphatic rings. The molecule has 29 heavy (non-hydrogen) atoms. The second-order valence-corrected chi connectivity index (χ2v) is 6.67. The number of imidazole rings is 1. The van der Waals surface area contributed by atoms with Gasteiger partial charge in [-0.1, -0.05) is 0 Å². The summed E-state index contributed by atoms with van der Waals surface area (Å²) in [6.07, 6.45) is 1.72. The number of hydrogen-bond donors (Lipinski definition) is 1. The topological polar surface area (TPSA) is 94.1 Å². The number of nitrogens with zero attached hydrogens (tertiary/aromatic N) is 4. The summed E-state index contributed by atoms with van der Waals surface area (Å²) in [4.78, 5) is 17.7. The molecular formula is C20H19N5O4. The van der Waals surface area contributed by atoms with E-state index in [1.807, 2.05) is 30.3 Å². The summed E-state index contributed by atoms with van der Waals surface area (Å²) in [5.41, 5.74) is 2.13. The van der Waals surface area contributed by atoms with Gasteiger partial charge in [-0.3, -0.25) is 0 Å². The molecule has 1 aliphatic heterocycles. The number of methoxy groups -OCH3 is 1. The monoisotopic (exact) mass is 393 g/mol. The van der Waals surface area contributed by atoms with Crippen molar-refractivity contribution in [2.24, 2.45) is 0 Å². The molecule has 2 amide bonds. The van der Waals surface area contributed by atoms with E-state index in [0.717, 1.165) is 22.4 Å². The molecule has 9 nitrogen and oxygen atoms in total. The molecule has 0 radical (unpaired) electrons. The fourth-order valence-corrected chi connectivity index (χ4v) is 3.35. The molecule has 0 bridgehead atoms. The number of fused-ring (bicyclic) bond motifs is 2. The van der Waals surface area contributed by atoms with Crippen molar-refractivity contribution in [3.05, 3.63) is 42.6 Å². The summed E-state index contributed by atoms with van der Waals surface area (Å²) >= 11 is 0. The fraction of sp³-hybridized carbons (Fsp3) is 0.250. The van der Waals surface area contributed by atoms with Gasteiger partial charge in [-0.2, -0.15) is 0 Å². The third kappa shape index (κ3) is 3.20. The van der Waals surface area contributed by atoms with Crippen molar-refractivity contribution < 1.29 is 18.7 Å². The summed E-state index contributed by atoms with van der Waals surface area (Å²) in [5.74, 6) is 1.84. The smallest absolute Gasteiger partial charge is 0.317 e. The number of benzene rings is 1. The number of hydrogen-bond acceptors (Lipinski definition) is 6. The van der Waals surface area contributed by atoms with E-state index in [1.54, 1.807) is 28.8 Å². The summed E-state index contributed by atoms with van der Waals surface area (Å²) < 4.78 is 18.7. The molecule has 3 aromatic heterocycles. The van der Waals surface area contributed by atoms with Crippen LogP contribution in [0.25, 0.3) is 28.1 Å². The van der Waals surface area contributed by atoms with Crippen molar-refractivity contribution in [1.29, 1.82) is 0 Å². The Labute approximate surface area is 165 Å². The molecule has 0 aliphatic carbocycles. The highest BCUT2D eigenvalue weighted by atomic mass is 16.5. The van der Waals surface area contributed by atoms with Crippen molar-refractivity contribution in [2.75, 3.05) is 33.4 Å². The van der Waals surface area contributed by atoms with E-state index in [-0.39, 0.29) is 6.03 Å². The van der Waals surface area contributed by atoms with Gasteiger partial charge in [-0.25, -0.2) is 14.3 Å². The lowest BCUT2D eigenvalue weighted by Crippen LogP contribution is -2.31. The molecule has 0 spiro atoms. The number of nitrogens with one attached hydrogen (secondary N) is 1. The van der Waals surface area contributed by atoms with E-state index in [0.29, 0.717) is 43.5 Å². The first kappa shape index (κ1) is 17.4. The van der Waals surface area contributed by atoms with E-state index in [1.165, 1.54) is 0 Å². The first-order valence-corrected chi connectivity index (χ1v) is 9.29. The molecular weight excluding hydrogens is 374 g/mol. The predicted molar refractivity (Wildman–Crippen MR) is 105 cm³/mol. The fourth-order valence-electron chi connectivity index (χ4n) is 3.35. The van der Waals surface area contributed by atoms with Crippen LogP contribution in [0.5, 0.6) is 11.6 Å². The van der Waals surface area contributed by atoms with E-state index in [2.05, 4.69) is 15.4 Å². The molecule has 0 saturated carbocycles. The van der Waals surface area contributed by atoms with Crippen molar-refractivity contribution >= 4 is 22.6 Å². The van der Waals surface area contributed by atoms with Gasteiger partial charge in [0, 0.05) is 30.6 Å². The Kier molecular flexibility index (Phi) is 4.19. The summed E-state index contributed by atoms with van der Waals surface area (Å²) in [6, 6.07) is 11.2. The van der Waals surface area contributed by atoms with Crippen LogP contribution in [-0.2, 0) is 0 Å². The van der Waals surface area contributed by atoms with Gasteiger partial charge in [0.2, 0.25) is 5.88 Å². The third-order valence-corrected chi connectivity index (χ3v) is 4.87. The number of furan rings is 1. The molecule has 1 saturated heterocycles. The van der Waals surface area contributed by atoms with Gasteiger partial charge in [0.25, 0.3) is 0 Å². The SMILES string of the molecule is COc1ccc2cc(-c3cnc4ccc(OCCN5CCNC5=O)nn34)oc2c1. The lowest BCUT2D eigenvalue weighted by Gasteiger charge is -2.14. The minimum absolute atomic E-state index is 0.0598. The summed E-state index contributed by atoms with van der Waals surface area (Å²) in [6.45, 7) is 2.23. The van der Waals surface area contributed by atoms with Crippen LogP contribution >= 0.6 is 0 Å². The maximum Gasteiger partial charge on any atom is 0.317 e. The van der Waals surface area contributed by atoms with Crippen LogP contribution in [0.15, 0.2) is 47.0 Å². The van der Waals surface area contributed by atoms with E-state index >= 15 is 0 Å². The number of amides is 2. The second-order valence-electron chi connectivity index (χ2n) is 6.67. The molecule has 0 atom stereocenters. The van der Waals surface area contributed by atoms with Gasteiger partial charge in [-0.15, -0.1) is 5.10 Å². The van der Waals surface area contributed by atoms with Crippen LogP contribution in [-0.4, -0.2) is 58.9 Å². The van der Waals surface area contributed by atoms with Gasteiger partial charge < -0.3 is 24.1 Å². The van der Waals surface area contributed by atoms with Crippen molar-refractivity contribution in [3.8, 4) is 23.1 Å². The first-order valence-electron chi connectivity index (χ1n) is 9.29. The molecule has 9 heteroatoms. The zero-order valence-corrected chi connectivity index (χ0v) is 15.8. The van der Waals surface area contributed by atoms with Gasteiger partial charge in [0.15, 0.2) is 11.4 Å². The van der Waals surface area contributed by atoms with Gasteiger partial charge >= 0.3 is 6.03 Å². The summed E-state index contributed by atoms with van der Waals surface area (Å²) in [5, 5.41) is 8.26. The van der Waals surface area contributed by atoms with Gasteiger partial charge in [-0.05, 0) is 24.3 Å². The van der Waals surface area contributed by atoms with E-state index in [4.69, 9.17) is 13.9 Å². The standard InChI is InChI=1S/C20H19N5O4/c1-27-14-3-2-13-10-17(29-16(13)11-14)15-12-22-18-4-5-19(23-25(15)18)28-9-8-24-7-6-21-20(24)26/h2-5,10-12H,6-9H2,1H3,(H,21,26). The largest absolute Gasteiger partial charge is 0.497 e. The van der Waals surface area contributed by atoms with E-state index < -0.39 is 0 Å². The van der Waals surface area contributed by atoms with Crippen LogP contribution in [0.4, 0.5) is 4.79 Å². The maximum absolute atomic E-state index is 11.6. The zero-order valence-electron chi connectivity index (χ0n) is 15.8. The number of rotatable bonds is 6. The van der Waals surface area contributed by atoms with Gasteiger partial charge in [0.05, 0.1) is 19.9 Å². The van der Waals surface area contributed by atoms with Crippen LogP contribution in [0.2, 0.25) is 0 Å². The first-order chi connectivity index (χ1) is 14.2. The molecule has 1 fully saturated rings. The molecule has 1 N–H and O–H groups in total. The Hall–Kier alpha value is -3.75. The Morgan fingerprint density at radius 2 is 2.17 bits per heavy atom. The Bertz CT molecular complexity index is 1200. The Morgan fingerprint density at radius 1 is 1.24 bits per heavy atom. The number of ether oxygens (including phenoxy) is 2. The lowest BCUT2D eigenvalue weighted by atomic mass is 10.2. The molecule has 148 valence electrons. The lowest BCUT2D eigenvalue weighted by molar-refractivity contribution is 0.200. The molecule has 4 heterocycles. The predicted octanol–water partition coefficient (Wildman–Crippen LogP) is 2.56. The van der Waals surface area contributed by atoms with E-state index in [9.17, 15) is 4.79 Å². The molecule has 1 aromatic carbocycles. The minimum Gasteiger partial charge on any atom is -0.497 e. The van der Waals surface area contributed by atoms with Crippen LogP contribution in [0.1, 0.15) is 0 Å². The molecule has 4 aromatic rings. The highest BCUT2D eigenvalue weighted by Gasteiger charge is 2.19. The quantitative estimate of drug-likeness (QED) is 0.541. The number of carbonyl (C=O) groups excluding carboxylic acids is 1. The average Bonchev–Trinajstić information content (AvgIpc) is 3.45. The van der Waals surface area contributed by atoms with Gasteiger partial charge in [0.1, 0.15) is 23.6 Å². The normalized spacial score (nSPS) is 14.0. The van der Waals surface area contributed by atoms with Crippen LogP contribution in [0.3, 0.4) is 0 Å². The second kappa shape index (κ2) is 7.01. The average molecular weight is 393 g/mol. The molecule has 5 rings (SSSR count).